The Morgan fingerprint density at radius 2 is 1.74 bits per heavy atom. The molecule has 3 rings (SSSR count). The minimum absolute atomic E-state index is 0.156. The van der Waals surface area contributed by atoms with Crippen LogP contribution in [0.3, 0.4) is 0 Å². The number of aromatic nitrogens is 3. The molecule has 0 saturated carbocycles. The third-order valence-corrected chi connectivity index (χ3v) is 5.00. The summed E-state index contributed by atoms with van der Waals surface area (Å²) in [5, 5.41) is 14.0. The van der Waals surface area contributed by atoms with Gasteiger partial charge in [0.05, 0.1) is 5.69 Å². The van der Waals surface area contributed by atoms with E-state index in [1.807, 2.05) is 26.8 Å². The zero-order chi connectivity index (χ0) is 19.8. The Hall–Kier alpha value is -2.87. The fourth-order valence-electron chi connectivity index (χ4n) is 2.75. The monoisotopic (exact) mass is 362 g/mol. The van der Waals surface area contributed by atoms with Gasteiger partial charge in [-0.2, -0.15) is 15.3 Å². The van der Waals surface area contributed by atoms with Crippen LogP contribution in [-0.2, 0) is 10.8 Å². The SMILES string of the molecule is CCC(C)(C)c1ccc(-c2ccn(-c3oc(C(C)(C)C)nc3C#N)n2)cc1. The summed E-state index contributed by atoms with van der Waals surface area (Å²) in [4.78, 5) is 4.32. The van der Waals surface area contributed by atoms with Gasteiger partial charge in [0.2, 0.25) is 11.6 Å². The Bertz CT molecular complexity index is 979. The number of oxazole rings is 1. The predicted octanol–water partition coefficient (Wildman–Crippen LogP) is 5.38. The molecular weight excluding hydrogens is 336 g/mol. The Kier molecular flexibility index (Phi) is 4.69. The summed E-state index contributed by atoms with van der Waals surface area (Å²) in [5.74, 6) is 0.884. The van der Waals surface area contributed by atoms with E-state index in [1.165, 1.54) is 5.56 Å². The van der Waals surface area contributed by atoms with Crippen molar-refractivity contribution in [3.05, 3.63) is 53.7 Å². The lowest BCUT2D eigenvalue weighted by molar-refractivity contribution is 0.381. The average molecular weight is 362 g/mol. The molecule has 140 valence electrons. The molecule has 0 amide bonds. The Balaban J connectivity index is 1.94. The molecule has 2 aromatic heterocycles. The van der Waals surface area contributed by atoms with E-state index in [2.05, 4.69) is 61.2 Å². The summed E-state index contributed by atoms with van der Waals surface area (Å²) in [7, 11) is 0. The zero-order valence-electron chi connectivity index (χ0n) is 16.9. The molecule has 27 heavy (non-hydrogen) atoms. The van der Waals surface area contributed by atoms with Crippen LogP contribution in [0.1, 0.15) is 65.1 Å². The quantitative estimate of drug-likeness (QED) is 0.624. The molecule has 0 bridgehead atoms. The van der Waals surface area contributed by atoms with Gasteiger partial charge in [0.15, 0.2) is 0 Å². The van der Waals surface area contributed by atoms with Gasteiger partial charge in [-0.3, -0.25) is 0 Å². The molecule has 0 aliphatic carbocycles. The van der Waals surface area contributed by atoms with Gasteiger partial charge in [-0.25, -0.2) is 4.68 Å². The molecule has 0 unspecified atom stereocenters. The minimum Gasteiger partial charge on any atom is -0.421 e. The summed E-state index contributed by atoms with van der Waals surface area (Å²) in [6.45, 7) is 12.7. The second-order valence-corrected chi connectivity index (χ2v) is 8.49. The van der Waals surface area contributed by atoms with Crippen LogP contribution >= 0.6 is 0 Å². The first-order valence-corrected chi connectivity index (χ1v) is 9.24. The topological polar surface area (TPSA) is 67.6 Å². The Labute approximate surface area is 160 Å². The van der Waals surface area contributed by atoms with Crippen LogP contribution in [0, 0.1) is 11.3 Å². The van der Waals surface area contributed by atoms with Crippen LogP contribution in [-0.4, -0.2) is 14.8 Å². The molecule has 0 spiro atoms. The number of nitrogens with zero attached hydrogens (tertiary/aromatic N) is 4. The molecule has 0 saturated heterocycles. The number of hydrogen-bond acceptors (Lipinski definition) is 4. The lowest BCUT2D eigenvalue weighted by atomic mass is 9.82. The van der Waals surface area contributed by atoms with Gasteiger partial charge in [-0.1, -0.05) is 65.8 Å². The van der Waals surface area contributed by atoms with Crippen molar-refractivity contribution in [3.63, 3.8) is 0 Å². The van der Waals surface area contributed by atoms with E-state index in [1.54, 1.807) is 10.9 Å². The maximum Gasteiger partial charge on any atom is 0.259 e. The second-order valence-electron chi connectivity index (χ2n) is 8.49. The van der Waals surface area contributed by atoms with E-state index in [9.17, 15) is 5.26 Å². The second kappa shape index (κ2) is 6.70. The molecule has 0 fully saturated rings. The largest absolute Gasteiger partial charge is 0.421 e. The van der Waals surface area contributed by atoms with E-state index in [-0.39, 0.29) is 16.5 Å². The van der Waals surface area contributed by atoms with Crippen molar-refractivity contribution in [2.75, 3.05) is 0 Å². The number of nitriles is 1. The highest BCUT2D eigenvalue weighted by molar-refractivity contribution is 5.59. The molecule has 0 aliphatic rings. The van der Waals surface area contributed by atoms with E-state index in [0.29, 0.717) is 11.8 Å². The van der Waals surface area contributed by atoms with Crippen LogP contribution in [0.15, 0.2) is 40.9 Å². The Morgan fingerprint density at radius 3 is 2.30 bits per heavy atom. The summed E-state index contributed by atoms with van der Waals surface area (Å²) in [5.41, 5.74) is 3.29. The number of rotatable bonds is 4. The van der Waals surface area contributed by atoms with Gasteiger partial charge in [-0.05, 0) is 23.5 Å². The summed E-state index contributed by atoms with van der Waals surface area (Å²) in [6, 6.07) is 12.5. The summed E-state index contributed by atoms with van der Waals surface area (Å²) >= 11 is 0. The smallest absolute Gasteiger partial charge is 0.259 e. The molecule has 0 radical (unpaired) electrons. The highest BCUT2D eigenvalue weighted by atomic mass is 16.4. The molecule has 5 heteroatoms. The molecule has 5 nitrogen and oxygen atoms in total. The summed E-state index contributed by atoms with van der Waals surface area (Å²) < 4.78 is 7.43. The molecule has 2 heterocycles. The fourth-order valence-corrected chi connectivity index (χ4v) is 2.75. The van der Waals surface area contributed by atoms with Gasteiger partial charge < -0.3 is 4.42 Å². The van der Waals surface area contributed by atoms with Crippen LogP contribution in [0.2, 0.25) is 0 Å². The van der Waals surface area contributed by atoms with Crippen molar-refractivity contribution in [2.45, 2.75) is 58.8 Å². The van der Waals surface area contributed by atoms with E-state index < -0.39 is 0 Å². The van der Waals surface area contributed by atoms with Crippen molar-refractivity contribution in [2.24, 2.45) is 0 Å². The van der Waals surface area contributed by atoms with E-state index in [0.717, 1.165) is 17.7 Å². The third kappa shape index (κ3) is 3.66. The molecular formula is C22H26N4O. The van der Waals surface area contributed by atoms with Crippen LogP contribution in [0.25, 0.3) is 17.1 Å². The van der Waals surface area contributed by atoms with Gasteiger partial charge in [0, 0.05) is 17.2 Å². The standard InChI is InChI=1S/C22H26N4O/c1-7-22(5,6)16-10-8-15(9-11-16)17-12-13-26(25-17)19-18(14-23)24-20(27-19)21(2,3)4/h8-13H,7H2,1-6H3. The fraction of sp³-hybridized carbons (Fsp3) is 0.409. The predicted molar refractivity (Wildman–Crippen MR) is 106 cm³/mol. The number of benzene rings is 1. The highest BCUT2D eigenvalue weighted by Crippen LogP contribution is 2.30. The normalized spacial score (nSPS) is 12.2. The van der Waals surface area contributed by atoms with Crippen molar-refractivity contribution in [1.29, 1.82) is 5.26 Å². The van der Waals surface area contributed by atoms with Crippen molar-refractivity contribution in [3.8, 4) is 23.2 Å². The number of hydrogen-bond donors (Lipinski definition) is 0. The van der Waals surface area contributed by atoms with Gasteiger partial charge in [0.1, 0.15) is 6.07 Å². The molecule has 0 aliphatic heterocycles. The maximum absolute atomic E-state index is 9.40. The van der Waals surface area contributed by atoms with E-state index >= 15 is 0 Å². The molecule has 0 N–H and O–H groups in total. The van der Waals surface area contributed by atoms with Crippen LogP contribution < -0.4 is 0 Å². The van der Waals surface area contributed by atoms with E-state index in [4.69, 9.17) is 4.42 Å². The zero-order valence-corrected chi connectivity index (χ0v) is 16.9. The van der Waals surface area contributed by atoms with Crippen molar-refractivity contribution in [1.82, 2.24) is 14.8 Å². The first kappa shape index (κ1) is 18.9. The Morgan fingerprint density at radius 1 is 1.07 bits per heavy atom. The maximum atomic E-state index is 9.40. The summed E-state index contributed by atoms with van der Waals surface area (Å²) in [6.07, 6.45) is 2.88. The molecule has 0 atom stereocenters. The van der Waals surface area contributed by atoms with Gasteiger partial charge >= 0.3 is 0 Å². The minimum atomic E-state index is -0.276. The molecule has 1 aromatic carbocycles. The first-order chi connectivity index (χ1) is 12.7. The van der Waals surface area contributed by atoms with Crippen molar-refractivity contribution >= 4 is 0 Å². The first-order valence-electron chi connectivity index (χ1n) is 9.24. The highest BCUT2D eigenvalue weighted by Gasteiger charge is 2.25. The molecule has 3 aromatic rings. The van der Waals surface area contributed by atoms with Crippen LogP contribution in [0.5, 0.6) is 0 Å². The lowest BCUT2D eigenvalue weighted by Gasteiger charge is -2.23. The van der Waals surface area contributed by atoms with Crippen molar-refractivity contribution < 1.29 is 4.42 Å². The lowest BCUT2D eigenvalue weighted by Crippen LogP contribution is -2.14. The van der Waals surface area contributed by atoms with Gasteiger partial charge in [0.25, 0.3) is 5.88 Å². The average Bonchev–Trinajstić information content (AvgIpc) is 3.28. The third-order valence-electron chi connectivity index (χ3n) is 5.00. The van der Waals surface area contributed by atoms with Gasteiger partial charge in [-0.15, -0.1) is 0 Å². The van der Waals surface area contributed by atoms with Crippen LogP contribution in [0.4, 0.5) is 0 Å².